The van der Waals surface area contributed by atoms with E-state index in [1.54, 1.807) is 6.20 Å². The quantitative estimate of drug-likeness (QED) is 0.871. The maximum atomic E-state index is 6.07. The minimum Gasteiger partial charge on any atom is -0.474 e. The normalized spacial score (nSPS) is 18.6. The lowest BCUT2D eigenvalue weighted by Gasteiger charge is -2.23. The number of rotatable bonds is 5. The smallest absolute Gasteiger partial charge is 0.216 e. The summed E-state index contributed by atoms with van der Waals surface area (Å²) in [7, 11) is 0. The van der Waals surface area contributed by atoms with Gasteiger partial charge in [0.2, 0.25) is 5.88 Å². The van der Waals surface area contributed by atoms with E-state index in [1.165, 1.54) is 19.3 Å². The molecule has 2 N–H and O–H groups in total. The van der Waals surface area contributed by atoms with Crippen molar-refractivity contribution in [2.24, 2.45) is 5.73 Å². The van der Waals surface area contributed by atoms with Crippen LogP contribution in [-0.4, -0.2) is 17.1 Å². The Morgan fingerprint density at radius 2 is 2.17 bits per heavy atom. The van der Waals surface area contributed by atoms with Crippen LogP contribution in [0.25, 0.3) is 0 Å². The summed E-state index contributed by atoms with van der Waals surface area (Å²) in [5.74, 6) is 0.799. The van der Waals surface area contributed by atoms with Gasteiger partial charge in [-0.25, -0.2) is 4.98 Å². The van der Waals surface area contributed by atoms with Gasteiger partial charge in [0.15, 0.2) is 0 Å². The van der Waals surface area contributed by atoms with Gasteiger partial charge in [0, 0.05) is 17.8 Å². The molecule has 1 saturated carbocycles. The van der Waals surface area contributed by atoms with Crippen molar-refractivity contribution >= 4 is 0 Å². The molecule has 1 fully saturated rings. The van der Waals surface area contributed by atoms with E-state index in [-0.39, 0.29) is 6.04 Å². The van der Waals surface area contributed by atoms with Gasteiger partial charge in [0.25, 0.3) is 0 Å². The molecule has 1 atom stereocenters. The Morgan fingerprint density at radius 3 is 2.89 bits per heavy atom. The molecule has 0 saturated heterocycles. The van der Waals surface area contributed by atoms with Crippen molar-refractivity contribution in [3.63, 3.8) is 0 Å². The number of nitrogens with zero attached hydrogens (tertiary/aromatic N) is 1. The zero-order valence-electron chi connectivity index (χ0n) is 11.3. The number of pyridine rings is 1. The molecule has 2 rings (SSSR count). The molecular weight excluding hydrogens is 224 g/mol. The van der Waals surface area contributed by atoms with Crippen LogP contribution in [0.1, 0.15) is 51.0 Å². The molecule has 3 nitrogen and oxygen atoms in total. The Hall–Kier alpha value is -1.09. The van der Waals surface area contributed by atoms with Crippen LogP contribution in [-0.2, 0) is 6.42 Å². The van der Waals surface area contributed by atoms with Crippen LogP contribution in [0.15, 0.2) is 18.3 Å². The maximum absolute atomic E-state index is 6.07. The van der Waals surface area contributed by atoms with Gasteiger partial charge in [0.1, 0.15) is 6.10 Å². The first-order valence-corrected chi connectivity index (χ1v) is 7.15. The Morgan fingerprint density at radius 1 is 1.39 bits per heavy atom. The lowest BCUT2D eigenvalue weighted by Crippen LogP contribution is -2.24. The average Bonchev–Trinajstić information content (AvgIpc) is 2.42. The maximum Gasteiger partial charge on any atom is 0.216 e. The summed E-state index contributed by atoms with van der Waals surface area (Å²) < 4.78 is 6.07. The van der Waals surface area contributed by atoms with Crippen LogP contribution in [0.5, 0.6) is 5.88 Å². The highest BCUT2D eigenvalue weighted by Gasteiger charge is 2.17. The standard InChI is InChI=1S/C15H24N2O/c1-2-13(16)11-12-7-6-10-17-15(12)18-14-8-4-3-5-9-14/h6-7,10,13-14H,2-5,8-9,11,16H2,1H3. The fourth-order valence-electron chi connectivity index (χ4n) is 2.45. The van der Waals surface area contributed by atoms with Crippen molar-refractivity contribution in [3.05, 3.63) is 23.9 Å². The molecular formula is C15H24N2O. The molecule has 0 radical (unpaired) electrons. The predicted octanol–water partition coefficient (Wildman–Crippen LogP) is 3.07. The van der Waals surface area contributed by atoms with Gasteiger partial charge in [-0.2, -0.15) is 0 Å². The Labute approximate surface area is 110 Å². The van der Waals surface area contributed by atoms with Crippen molar-refractivity contribution in [1.29, 1.82) is 0 Å². The summed E-state index contributed by atoms with van der Waals surface area (Å²) in [5, 5.41) is 0. The van der Waals surface area contributed by atoms with Crippen LogP contribution in [0.3, 0.4) is 0 Å². The molecule has 18 heavy (non-hydrogen) atoms. The molecule has 0 spiro atoms. The van der Waals surface area contributed by atoms with Crippen LogP contribution in [0.4, 0.5) is 0 Å². The monoisotopic (exact) mass is 248 g/mol. The second-order valence-corrected chi connectivity index (χ2v) is 5.22. The Balaban J connectivity index is 2.01. The van der Waals surface area contributed by atoms with E-state index >= 15 is 0 Å². The summed E-state index contributed by atoms with van der Waals surface area (Å²) in [6.07, 6.45) is 10.2. The van der Waals surface area contributed by atoms with Crippen LogP contribution in [0, 0.1) is 0 Å². The first-order valence-electron chi connectivity index (χ1n) is 7.15. The van der Waals surface area contributed by atoms with E-state index < -0.39 is 0 Å². The lowest BCUT2D eigenvalue weighted by atomic mass is 9.98. The van der Waals surface area contributed by atoms with Gasteiger partial charge in [-0.1, -0.05) is 19.4 Å². The van der Waals surface area contributed by atoms with E-state index in [4.69, 9.17) is 10.5 Å². The Kier molecular flexibility index (Phi) is 5.00. The SMILES string of the molecule is CCC(N)Cc1cccnc1OC1CCCCC1. The molecule has 100 valence electrons. The summed E-state index contributed by atoms with van der Waals surface area (Å²) in [6, 6.07) is 4.24. The minimum absolute atomic E-state index is 0.197. The van der Waals surface area contributed by atoms with E-state index in [9.17, 15) is 0 Å². The molecule has 1 heterocycles. The van der Waals surface area contributed by atoms with E-state index in [0.717, 1.165) is 37.1 Å². The Bertz CT molecular complexity index is 361. The van der Waals surface area contributed by atoms with Gasteiger partial charge in [0.05, 0.1) is 0 Å². The molecule has 1 aromatic rings. The number of hydrogen-bond donors (Lipinski definition) is 1. The molecule has 3 heteroatoms. The third-order valence-electron chi connectivity index (χ3n) is 3.69. The molecule has 0 bridgehead atoms. The van der Waals surface area contributed by atoms with Crippen molar-refractivity contribution in [3.8, 4) is 5.88 Å². The average molecular weight is 248 g/mol. The fraction of sp³-hybridized carbons (Fsp3) is 0.667. The van der Waals surface area contributed by atoms with Crippen LogP contribution >= 0.6 is 0 Å². The highest BCUT2D eigenvalue weighted by Crippen LogP contribution is 2.24. The molecule has 1 aliphatic carbocycles. The number of ether oxygens (including phenoxy) is 1. The molecule has 1 aliphatic rings. The fourth-order valence-corrected chi connectivity index (χ4v) is 2.45. The van der Waals surface area contributed by atoms with Gasteiger partial charge >= 0.3 is 0 Å². The van der Waals surface area contributed by atoms with E-state index in [0.29, 0.717) is 6.10 Å². The second kappa shape index (κ2) is 6.74. The molecule has 0 aliphatic heterocycles. The van der Waals surface area contributed by atoms with Gasteiger partial charge in [-0.3, -0.25) is 0 Å². The summed E-state index contributed by atoms with van der Waals surface area (Å²) in [5.41, 5.74) is 7.17. The van der Waals surface area contributed by atoms with Gasteiger partial charge < -0.3 is 10.5 Å². The molecule has 0 amide bonds. The van der Waals surface area contributed by atoms with E-state index in [2.05, 4.69) is 18.0 Å². The first kappa shape index (κ1) is 13.3. The highest BCUT2D eigenvalue weighted by atomic mass is 16.5. The van der Waals surface area contributed by atoms with Gasteiger partial charge in [-0.05, 0) is 44.6 Å². The number of aromatic nitrogens is 1. The second-order valence-electron chi connectivity index (χ2n) is 5.22. The zero-order valence-corrected chi connectivity index (χ0v) is 11.3. The number of hydrogen-bond acceptors (Lipinski definition) is 3. The third-order valence-corrected chi connectivity index (χ3v) is 3.69. The first-order chi connectivity index (χ1) is 8.79. The molecule has 1 aromatic heterocycles. The molecule has 0 aromatic carbocycles. The predicted molar refractivity (Wildman–Crippen MR) is 73.7 cm³/mol. The van der Waals surface area contributed by atoms with Gasteiger partial charge in [-0.15, -0.1) is 0 Å². The summed E-state index contributed by atoms with van der Waals surface area (Å²) in [6.45, 7) is 2.11. The number of nitrogens with two attached hydrogens (primary N) is 1. The van der Waals surface area contributed by atoms with Crippen molar-refractivity contribution in [2.75, 3.05) is 0 Å². The topological polar surface area (TPSA) is 48.1 Å². The minimum atomic E-state index is 0.197. The van der Waals surface area contributed by atoms with Crippen molar-refractivity contribution < 1.29 is 4.74 Å². The molecule has 1 unspecified atom stereocenters. The van der Waals surface area contributed by atoms with Crippen molar-refractivity contribution in [2.45, 2.75) is 64.0 Å². The summed E-state index contributed by atoms with van der Waals surface area (Å²) >= 11 is 0. The third kappa shape index (κ3) is 3.70. The largest absolute Gasteiger partial charge is 0.474 e. The summed E-state index contributed by atoms with van der Waals surface area (Å²) in [4.78, 5) is 4.38. The van der Waals surface area contributed by atoms with E-state index in [1.807, 2.05) is 6.07 Å². The zero-order chi connectivity index (χ0) is 12.8. The highest BCUT2D eigenvalue weighted by molar-refractivity contribution is 5.26. The van der Waals surface area contributed by atoms with Crippen molar-refractivity contribution in [1.82, 2.24) is 4.98 Å². The van der Waals surface area contributed by atoms with Crippen LogP contribution in [0.2, 0.25) is 0 Å². The lowest BCUT2D eigenvalue weighted by molar-refractivity contribution is 0.147. The van der Waals surface area contributed by atoms with Crippen LogP contribution < -0.4 is 10.5 Å².